The van der Waals surface area contributed by atoms with Crippen molar-refractivity contribution in [2.45, 2.75) is 68.2 Å². The third kappa shape index (κ3) is 5.77. The van der Waals surface area contributed by atoms with Gasteiger partial charge in [0.1, 0.15) is 0 Å². The van der Waals surface area contributed by atoms with Crippen LogP contribution in [0.5, 0.6) is 0 Å². The normalized spacial score (nSPS) is 22.0. The molecule has 0 unspecified atom stereocenters. The molecule has 2 rings (SSSR count). The number of sulfonamides is 2. The van der Waals surface area contributed by atoms with E-state index in [1.807, 2.05) is 6.92 Å². The van der Waals surface area contributed by atoms with E-state index >= 15 is 0 Å². The lowest BCUT2D eigenvalue weighted by Gasteiger charge is -2.26. The van der Waals surface area contributed by atoms with Crippen LogP contribution in [0.15, 0.2) is 34.1 Å². The fourth-order valence-corrected chi connectivity index (χ4v) is 5.31. The third-order valence-electron chi connectivity index (χ3n) is 4.60. The van der Waals surface area contributed by atoms with Crippen LogP contribution in [0.1, 0.15) is 52.4 Å². The molecule has 0 radical (unpaired) electrons. The highest BCUT2D eigenvalue weighted by Gasteiger charge is 2.24. The lowest BCUT2D eigenvalue weighted by Crippen LogP contribution is -2.37. The zero-order valence-electron chi connectivity index (χ0n) is 14.9. The minimum absolute atomic E-state index is 0.0414. The summed E-state index contributed by atoms with van der Waals surface area (Å²) in [6.45, 7) is 4.53. The van der Waals surface area contributed by atoms with Gasteiger partial charge < -0.3 is 0 Å². The van der Waals surface area contributed by atoms with Crippen LogP contribution in [0.2, 0.25) is 0 Å². The molecule has 0 amide bonds. The molecule has 0 bridgehead atoms. The standard InChI is InChI=1S/C17H28N2O4S2/c1-3-4-13-18-24(20,21)16-9-11-17(12-10-16)25(22,23)19-15-7-5-14(2)6-8-15/h9-12,14-15,18-19H,3-8,13H2,1-2H3. The lowest BCUT2D eigenvalue weighted by atomic mass is 9.88. The molecular weight excluding hydrogens is 360 g/mol. The average Bonchev–Trinajstić information content (AvgIpc) is 2.57. The second kappa shape index (κ2) is 8.62. The average molecular weight is 389 g/mol. The van der Waals surface area contributed by atoms with E-state index in [4.69, 9.17) is 0 Å². The van der Waals surface area contributed by atoms with Gasteiger partial charge in [-0.05, 0) is 62.3 Å². The Bertz CT molecular complexity index is 750. The van der Waals surface area contributed by atoms with Gasteiger partial charge in [-0.15, -0.1) is 0 Å². The van der Waals surface area contributed by atoms with Gasteiger partial charge in [0.25, 0.3) is 0 Å². The Kier molecular flexibility index (Phi) is 7.01. The maximum Gasteiger partial charge on any atom is 0.240 e. The van der Waals surface area contributed by atoms with Crippen LogP contribution in [-0.4, -0.2) is 29.4 Å². The van der Waals surface area contributed by atoms with Gasteiger partial charge in [-0.1, -0.05) is 20.3 Å². The summed E-state index contributed by atoms with van der Waals surface area (Å²) in [4.78, 5) is 0.174. The molecular formula is C17H28N2O4S2. The molecule has 0 aromatic heterocycles. The monoisotopic (exact) mass is 388 g/mol. The van der Waals surface area contributed by atoms with Crippen LogP contribution < -0.4 is 9.44 Å². The van der Waals surface area contributed by atoms with Crippen LogP contribution in [0.4, 0.5) is 0 Å². The van der Waals surface area contributed by atoms with Gasteiger partial charge in [-0.2, -0.15) is 0 Å². The Morgan fingerprint density at radius 3 is 1.96 bits per heavy atom. The maximum atomic E-state index is 12.5. The third-order valence-corrected chi connectivity index (χ3v) is 7.62. The Morgan fingerprint density at radius 1 is 0.920 bits per heavy atom. The Hall–Kier alpha value is -0.960. The highest BCUT2D eigenvalue weighted by Crippen LogP contribution is 2.25. The van der Waals surface area contributed by atoms with Crippen molar-refractivity contribution < 1.29 is 16.8 Å². The number of hydrogen-bond donors (Lipinski definition) is 2. The van der Waals surface area contributed by atoms with Gasteiger partial charge in [0.2, 0.25) is 20.0 Å². The van der Waals surface area contributed by atoms with E-state index in [1.54, 1.807) is 0 Å². The molecule has 1 aliphatic carbocycles. The largest absolute Gasteiger partial charge is 0.240 e. The molecule has 1 aromatic rings. The summed E-state index contributed by atoms with van der Waals surface area (Å²) in [6.07, 6.45) is 5.38. The van der Waals surface area contributed by atoms with E-state index in [1.165, 1.54) is 24.3 Å². The SMILES string of the molecule is CCCCNS(=O)(=O)c1ccc(S(=O)(=O)NC2CCC(C)CC2)cc1. The van der Waals surface area contributed by atoms with E-state index in [0.717, 1.165) is 38.5 Å². The summed E-state index contributed by atoms with van der Waals surface area (Å²) < 4.78 is 54.5. The molecule has 1 saturated carbocycles. The first-order valence-electron chi connectivity index (χ1n) is 8.86. The van der Waals surface area contributed by atoms with Gasteiger partial charge >= 0.3 is 0 Å². The second-order valence-electron chi connectivity index (χ2n) is 6.80. The van der Waals surface area contributed by atoms with Crippen molar-refractivity contribution in [2.24, 2.45) is 5.92 Å². The molecule has 25 heavy (non-hydrogen) atoms. The highest BCUT2D eigenvalue weighted by atomic mass is 32.2. The summed E-state index contributed by atoms with van der Waals surface area (Å²) >= 11 is 0. The van der Waals surface area contributed by atoms with Gasteiger partial charge in [0.15, 0.2) is 0 Å². The van der Waals surface area contributed by atoms with Crippen molar-refractivity contribution in [3.8, 4) is 0 Å². The number of unbranched alkanes of at least 4 members (excludes halogenated alkanes) is 1. The molecule has 1 aromatic carbocycles. The maximum absolute atomic E-state index is 12.5. The summed E-state index contributed by atoms with van der Waals surface area (Å²) in [7, 11) is -7.22. The van der Waals surface area contributed by atoms with E-state index in [0.29, 0.717) is 12.5 Å². The van der Waals surface area contributed by atoms with Gasteiger partial charge in [0, 0.05) is 12.6 Å². The van der Waals surface area contributed by atoms with Crippen LogP contribution in [0.3, 0.4) is 0 Å². The number of benzene rings is 1. The van der Waals surface area contributed by atoms with Crippen molar-refractivity contribution in [2.75, 3.05) is 6.54 Å². The van der Waals surface area contributed by atoms with E-state index in [9.17, 15) is 16.8 Å². The minimum atomic E-state index is -3.63. The van der Waals surface area contributed by atoms with Crippen LogP contribution in [0.25, 0.3) is 0 Å². The van der Waals surface area contributed by atoms with Gasteiger partial charge in [-0.3, -0.25) is 0 Å². The highest BCUT2D eigenvalue weighted by molar-refractivity contribution is 7.90. The lowest BCUT2D eigenvalue weighted by molar-refractivity contribution is 0.332. The summed E-state index contributed by atoms with van der Waals surface area (Å²) in [6, 6.07) is 5.34. The number of nitrogens with one attached hydrogen (secondary N) is 2. The first kappa shape index (κ1) is 20.4. The molecule has 0 heterocycles. The molecule has 1 aliphatic rings. The van der Waals surface area contributed by atoms with Crippen molar-refractivity contribution in [1.82, 2.24) is 9.44 Å². The Labute approximate surface area is 151 Å². The molecule has 0 spiro atoms. The van der Waals surface area contributed by atoms with Crippen molar-refractivity contribution in [3.63, 3.8) is 0 Å². The molecule has 8 heteroatoms. The van der Waals surface area contributed by atoms with E-state index < -0.39 is 20.0 Å². The minimum Gasteiger partial charge on any atom is -0.211 e. The fraction of sp³-hybridized carbons (Fsp3) is 0.647. The summed E-state index contributed by atoms with van der Waals surface area (Å²) in [5.41, 5.74) is 0. The predicted molar refractivity (Wildman–Crippen MR) is 98.3 cm³/mol. The predicted octanol–water partition coefficient (Wildman–Crippen LogP) is 2.62. The van der Waals surface area contributed by atoms with Crippen molar-refractivity contribution in [3.05, 3.63) is 24.3 Å². The number of hydrogen-bond acceptors (Lipinski definition) is 4. The van der Waals surface area contributed by atoms with Crippen molar-refractivity contribution >= 4 is 20.0 Å². The molecule has 0 atom stereocenters. The number of rotatable bonds is 8. The second-order valence-corrected chi connectivity index (χ2v) is 10.3. The molecule has 0 aliphatic heterocycles. The van der Waals surface area contributed by atoms with E-state index in [2.05, 4.69) is 16.4 Å². The van der Waals surface area contributed by atoms with E-state index in [-0.39, 0.29) is 15.8 Å². The summed E-state index contributed by atoms with van der Waals surface area (Å²) in [5, 5.41) is 0. The van der Waals surface area contributed by atoms with Crippen LogP contribution in [-0.2, 0) is 20.0 Å². The molecule has 0 saturated heterocycles. The van der Waals surface area contributed by atoms with Crippen molar-refractivity contribution in [1.29, 1.82) is 0 Å². The van der Waals surface area contributed by atoms with Crippen LogP contribution >= 0.6 is 0 Å². The molecule has 1 fully saturated rings. The zero-order chi connectivity index (χ0) is 18.5. The van der Waals surface area contributed by atoms with Gasteiger partial charge in [0.05, 0.1) is 9.79 Å². The molecule has 2 N–H and O–H groups in total. The zero-order valence-corrected chi connectivity index (χ0v) is 16.5. The van der Waals surface area contributed by atoms with Gasteiger partial charge in [-0.25, -0.2) is 26.3 Å². The molecule has 142 valence electrons. The quantitative estimate of drug-likeness (QED) is 0.670. The first-order valence-corrected chi connectivity index (χ1v) is 11.8. The Morgan fingerprint density at radius 2 is 1.44 bits per heavy atom. The van der Waals surface area contributed by atoms with Crippen LogP contribution in [0, 0.1) is 5.92 Å². The summed E-state index contributed by atoms with van der Waals surface area (Å²) in [5.74, 6) is 0.644. The molecule has 6 nitrogen and oxygen atoms in total. The fourth-order valence-electron chi connectivity index (χ4n) is 2.93. The Balaban J connectivity index is 2.05. The smallest absolute Gasteiger partial charge is 0.211 e. The topological polar surface area (TPSA) is 92.3 Å². The first-order chi connectivity index (χ1) is 11.7.